The molecule has 3 rings (SSSR count). The number of aromatic nitrogens is 2. The van der Waals surface area contributed by atoms with E-state index in [1.54, 1.807) is 21.8 Å². The Morgan fingerprint density at radius 3 is 2.77 bits per heavy atom. The van der Waals surface area contributed by atoms with E-state index in [4.69, 9.17) is 4.99 Å². The maximum absolute atomic E-state index is 14.0. The Kier molecular flexibility index (Phi) is 7.04. The van der Waals surface area contributed by atoms with Gasteiger partial charge in [0.1, 0.15) is 12.4 Å². The minimum Gasteiger partial charge on any atom is -0.356 e. The monoisotopic (exact) mass is 415 g/mol. The van der Waals surface area contributed by atoms with Gasteiger partial charge in [0.2, 0.25) is 5.91 Å². The number of anilines is 1. The molecule has 1 amide bonds. The van der Waals surface area contributed by atoms with E-state index in [0.717, 1.165) is 11.3 Å². The molecule has 0 atom stereocenters. The highest BCUT2D eigenvalue weighted by Gasteiger charge is 2.27. The molecule has 0 bridgehead atoms. The molecule has 1 saturated heterocycles. The number of nitrogens with one attached hydrogen (secondary N) is 1. The summed E-state index contributed by atoms with van der Waals surface area (Å²) < 4.78 is 15.7. The number of hydrogen-bond donors (Lipinski definition) is 1. The minimum atomic E-state index is -0.208. The zero-order valence-corrected chi connectivity index (χ0v) is 18.1. The summed E-state index contributed by atoms with van der Waals surface area (Å²) in [7, 11) is 5.66. The van der Waals surface area contributed by atoms with Crippen LogP contribution in [-0.4, -0.2) is 71.7 Å². The molecule has 1 aromatic carbocycles. The fourth-order valence-corrected chi connectivity index (χ4v) is 3.45. The summed E-state index contributed by atoms with van der Waals surface area (Å²) in [6.07, 6.45) is 3.54. The topological polar surface area (TPSA) is 69.0 Å². The van der Waals surface area contributed by atoms with Crippen molar-refractivity contribution in [3.63, 3.8) is 0 Å². The molecule has 8 nitrogen and oxygen atoms in total. The van der Waals surface area contributed by atoms with Crippen molar-refractivity contribution in [1.82, 2.24) is 24.9 Å². The fraction of sp³-hybridized carbons (Fsp3) is 0.476. The first-order chi connectivity index (χ1) is 14.4. The van der Waals surface area contributed by atoms with E-state index in [0.29, 0.717) is 44.2 Å². The summed E-state index contributed by atoms with van der Waals surface area (Å²) in [6, 6.07) is 5.10. The van der Waals surface area contributed by atoms with Crippen LogP contribution in [0.4, 0.5) is 10.1 Å². The van der Waals surface area contributed by atoms with Crippen LogP contribution in [0.15, 0.2) is 35.6 Å². The number of nitrogens with zero attached hydrogens (tertiary/aromatic N) is 6. The molecule has 0 saturated carbocycles. The van der Waals surface area contributed by atoms with Gasteiger partial charge in [-0.1, -0.05) is 6.07 Å². The Hall–Kier alpha value is -2.94. The van der Waals surface area contributed by atoms with Crippen molar-refractivity contribution in [3.05, 3.63) is 47.5 Å². The molecule has 30 heavy (non-hydrogen) atoms. The van der Waals surface area contributed by atoms with Crippen LogP contribution in [0.3, 0.4) is 0 Å². The van der Waals surface area contributed by atoms with Crippen LogP contribution in [0.2, 0.25) is 0 Å². The summed E-state index contributed by atoms with van der Waals surface area (Å²) in [4.78, 5) is 23.0. The maximum atomic E-state index is 14.0. The molecule has 2 aromatic rings. The van der Waals surface area contributed by atoms with E-state index in [9.17, 15) is 9.18 Å². The van der Waals surface area contributed by atoms with E-state index in [1.807, 2.05) is 50.1 Å². The Morgan fingerprint density at radius 2 is 2.13 bits per heavy atom. The third kappa shape index (κ3) is 5.35. The van der Waals surface area contributed by atoms with Crippen LogP contribution in [-0.2, 0) is 24.9 Å². The van der Waals surface area contributed by atoms with Crippen LogP contribution in [0.25, 0.3) is 0 Å². The van der Waals surface area contributed by atoms with Gasteiger partial charge in [0.15, 0.2) is 5.96 Å². The summed E-state index contributed by atoms with van der Waals surface area (Å²) in [5.74, 6) is 0.491. The van der Waals surface area contributed by atoms with Gasteiger partial charge in [0, 0.05) is 45.0 Å². The first-order valence-corrected chi connectivity index (χ1v) is 10.1. The van der Waals surface area contributed by atoms with Crippen molar-refractivity contribution in [2.24, 2.45) is 12.0 Å². The van der Waals surface area contributed by atoms with Crippen LogP contribution >= 0.6 is 0 Å². The minimum absolute atomic E-state index is 0.00917. The molecule has 1 N–H and O–H groups in total. The number of aliphatic imine (C=N–C) groups is 1. The molecule has 162 valence electrons. The van der Waals surface area contributed by atoms with Crippen molar-refractivity contribution in [2.45, 2.75) is 20.0 Å². The lowest BCUT2D eigenvalue weighted by Gasteiger charge is -2.35. The fourth-order valence-electron chi connectivity index (χ4n) is 3.45. The summed E-state index contributed by atoms with van der Waals surface area (Å²) in [6.45, 7) is 5.13. The first kappa shape index (κ1) is 21.8. The summed E-state index contributed by atoms with van der Waals surface area (Å²) >= 11 is 0. The molecule has 0 spiro atoms. The largest absolute Gasteiger partial charge is 0.356 e. The summed E-state index contributed by atoms with van der Waals surface area (Å²) in [5.41, 5.74) is 2.39. The third-order valence-corrected chi connectivity index (χ3v) is 4.87. The quantitative estimate of drug-likeness (QED) is 0.571. The van der Waals surface area contributed by atoms with Crippen molar-refractivity contribution in [2.75, 3.05) is 45.2 Å². The number of guanidine groups is 1. The average molecular weight is 416 g/mol. The predicted molar refractivity (Wildman–Crippen MR) is 116 cm³/mol. The SMILES string of the molecule is CCNC(=NCc1ccc(F)c(CN(C)C)c1)N1CCN(c2cnn(C)c2)C(=O)C1. The van der Waals surface area contributed by atoms with Crippen LogP contribution in [0, 0.1) is 5.82 Å². The highest BCUT2D eigenvalue weighted by atomic mass is 19.1. The van der Waals surface area contributed by atoms with Crippen molar-refractivity contribution < 1.29 is 9.18 Å². The van der Waals surface area contributed by atoms with Crippen molar-refractivity contribution >= 4 is 17.6 Å². The lowest BCUT2D eigenvalue weighted by Crippen LogP contribution is -2.55. The van der Waals surface area contributed by atoms with E-state index in [1.165, 1.54) is 6.07 Å². The van der Waals surface area contributed by atoms with Gasteiger partial charge in [0.05, 0.1) is 18.4 Å². The van der Waals surface area contributed by atoms with E-state index < -0.39 is 0 Å². The van der Waals surface area contributed by atoms with Gasteiger partial charge in [-0.15, -0.1) is 0 Å². The van der Waals surface area contributed by atoms with Gasteiger partial charge < -0.3 is 20.0 Å². The Balaban J connectivity index is 1.70. The molecule has 9 heteroatoms. The highest BCUT2D eigenvalue weighted by Crippen LogP contribution is 2.17. The number of hydrogen-bond acceptors (Lipinski definition) is 4. The Morgan fingerprint density at radius 1 is 1.33 bits per heavy atom. The second-order valence-electron chi connectivity index (χ2n) is 7.67. The maximum Gasteiger partial charge on any atom is 0.246 e. The highest BCUT2D eigenvalue weighted by molar-refractivity contribution is 5.98. The first-order valence-electron chi connectivity index (χ1n) is 10.1. The van der Waals surface area contributed by atoms with Crippen LogP contribution in [0.5, 0.6) is 0 Å². The van der Waals surface area contributed by atoms with Gasteiger partial charge in [0.25, 0.3) is 0 Å². The van der Waals surface area contributed by atoms with Crippen LogP contribution < -0.4 is 10.2 Å². The normalized spacial score (nSPS) is 15.3. The number of carbonyl (C=O) groups excluding carboxylic acids is 1. The lowest BCUT2D eigenvalue weighted by molar-refractivity contribution is -0.120. The van der Waals surface area contributed by atoms with Gasteiger partial charge in [-0.3, -0.25) is 9.48 Å². The lowest BCUT2D eigenvalue weighted by atomic mass is 10.1. The standard InChI is InChI=1S/C21H30FN7O/c1-5-23-21(24-11-16-6-7-19(22)17(10-16)13-26(2)3)28-8-9-29(20(30)15-28)18-12-25-27(4)14-18/h6-7,10,12,14H,5,8-9,11,13,15H2,1-4H3,(H,23,24). The van der Waals surface area contributed by atoms with E-state index >= 15 is 0 Å². The average Bonchev–Trinajstić information content (AvgIpc) is 3.13. The number of benzene rings is 1. The molecular weight excluding hydrogens is 385 g/mol. The number of rotatable bonds is 6. The molecule has 0 radical (unpaired) electrons. The zero-order valence-electron chi connectivity index (χ0n) is 18.1. The number of piperazine rings is 1. The second kappa shape index (κ2) is 9.71. The number of carbonyl (C=O) groups is 1. The molecule has 1 fully saturated rings. The van der Waals surface area contributed by atoms with Crippen LogP contribution in [0.1, 0.15) is 18.1 Å². The van der Waals surface area contributed by atoms with Gasteiger partial charge in [-0.2, -0.15) is 5.10 Å². The predicted octanol–water partition coefficient (Wildman–Crippen LogP) is 1.44. The molecule has 1 aliphatic heterocycles. The molecule has 0 aliphatic carbocycles. The van der Waals surface area contributed by atoms with E-state index in [2.05, 4.69) is 10.4 Å². The molecular formula is C21H30FN7O. The molecule has 0 unspecified atom stereocenters. The summed E-state index contributed by atoms with van der Waals surface area (Å²) in [5, 5.41) is 7.41. The number of halogens is 1. The zero-order chi connectivity index (χ0) is 21.7. The van der Waals surface area contributed by atoms with E-state index in [-0.39, 0.29) is 18.3 Å². The second-order valence-corrected chi connectivity index (χ2v) is 7.67. The van der Waals surface area contributed by atoms with Gasteiger partial charge in [-0.05, 0) is 38.7 Å². The molecule has 1 aliphatic rings. The van der Waals surface area contributed by atoms with Crippen molar-refractivity contribution in [1.29, 1.82) is 0 Å². The Bertz CT molecular complexity index is 909. The smallest absolute Gasteiger partial charge is 0.246 e. The third-order valence-electron chi connectivity index (χ3n) is 4.87. The van der Waals surface area contributed by atoms with Gasteiger partial charge in [-0.25, -0.2) is 9.38 Å². The number of aryl methyl sites for hydroxylation is 1. The Labute approximate surface area is 177 Å². The van der Waals surface area contributed by atoms with Crippen molar-refractivity contribution in [3.8, 4) is 0 Å². The molecule has 2 heterocycles. The molecule has 1 aromatic heterocycles. The number of amides is 1. The van der Waals surface area contributed by atoms with Gasteiger partial charge >= 0.3 is 0 Å².